The van der Waals surface area contributed by atoms with Crippen LogP contribution in [-0.2, 0) is 28.6 Å². The Bertz CT molecular complexity index is 1360. The summed E-state index contributed by atoms with van der Waals surface area (Å²) in [6.45, 7) is 3.34. The second-order valence-electron chi connectivity index (χ2n) is 9.79. The number of fused-ring (bicyclic) bond motifs is 2. The normalized spacial score (nSPS) is 28.4. The summed E-state index contributed by atoms with van der Waals surface area (Å²) >= 11 is 0. The molecule has 0 unspecified atom stereocenters. The van der Waals surface area contributed by atoms with Crippen LogP contribution >= 0.6 is 7.60 Å². The molecule has 4 heterocycles. The summed E-state index contributed by atoms with van der Waals surface area (Å²) in [6, 6.07) is 2.18. The number of aromatic nitrogens is 4. The molecule has 2 aromatic heterocycles. The first-order chi connectivity index (χ1) is 16.8. The second-order valence-corrected chi connectivity index (χ2v) is 14.0. The van der Waals surface area contributed by atoms with Gasteiger partial charge in [-0.3, -0.25) is 4.57 Å². The standard InChI is InChI=1S/C20H27N6O8PS/c1-20(2)33-15-13(9-36(30,31)10-35(27,28)29)32-19(16(15)34-20)26-18-12(8-22-26)17(24-14(7-21)25-18)23-11-5-3-4-6-11/h8,11,13,15-16,19H,3-6,9-10H2,1-2H3,(H,23,24,25)(H2,27,28,29)/t13-,15-,16-,19-/m1/s1. The van der Waals surface area contributed by atoms with Gasteiger partial charge in [0.2, 0.25) is 5.82 Å². The summed E-state index contributed by atoms with van der Waals surface area (Å²) < 4.78 is 55.7. The van der Waals surface area contributed by atoms with E-state index in [1.807, 2.05) is 6.07 Å². The molecule has 2 saturated heterocycles. The van der Waals surface area contributed by atoms with Crippen molar-refractivity contribution in [1.82, 2.24) is 19.7 Å². The minimum Gasteiger partial charge on any atom is -0.367 e. The van der Waals surface area contributed by atoms with E-state index in [-0.39, 0.29) is 11.9 Å². The average Bonchev–Trinajstić information content (AvgIpc) is 3.51. The molecule has 1 aliphatic carbocycles. The zero-order valence-corrected chi connectivity index (χ0v) is 21.4. The molecule has 2 aliphatic heterocycles. The van der Waals surface area contributed by atoms with Crippen LogP contribution in [0, 0.1) is 11.3 Å². The first-order valence-electron chi connectivity index (χ1n) is 11.5. The highest BCUT2D eigenvalue weighted by Gasteiger charge is 2.57. The molecule has 0 spiro atoms. The third kappa shape index (κ3) is 5.12. The zero-order chi connectivity index (χ0) is 25.9. The molecular weight excluding hydrogens is 515 g/mol. The fourth-order valence-corrected chi connectivity index (χ4v) is 8.33. The SMILES string of the molecule is CC1(C)O[C@@H]2[C@H](O1)[C@@H](CS(=O)(=O)CP(=O)(O)O)O[C@H]2n1ncc2c(NC3CCCC3)nc(C#N)nc21. The monoisotopic (exact) mass is 542 g/mol. The van der Waals surface area contributed by atoms with Gasteiger partial charge in [-0.25, -0.2) is 18.1 Å². The van der Waals surface area contributed by atoms with Gasteiger partial charge in [0, 0.05) is 6.04 Å². The third-order valence-corrected chi connectivity index (χ3v) is 10.2. The Morgan fingerprint density at radius 3 is 2.61 bits per heavy atom. The topological polar surface area (TPSA) is 199 Å². The number of nitrogens with zero attached hydrogens (tertiary/aromatic N) is 5. The van der Waals surface area contributed by atoms with Crippen LogP contribution in [-0.4, -0.2) is 79.3 Å². The number of ether oxygens (including phenoxy) is 3. The van der Waals surface area contributed by atoms with Crippen molar-refractivity contribution in [2.75, 3.05) is 16.6 Å². The fourth-order valence-electron chi connectivity index (χ4n) is 5.08. The molecule has 0 aromatic carbocycles. The minimum atomic E-state index is -4.81. The predicted octanol–water partition coefficient (Wildman–Crippen LogP) is 1.02. The Labute approximate surface area is 207 Å². The summed E-state index contributed by atoms with van der Waals surface area (Å²) in [7, 11) is -9.00. The maximum atomic E-state index is 12.5. The lowest BCUT2D eigenvalue weighted by Gasteiger charge is -2.24. The first kappa shape index (κ1) is 25.5. The van der Waals surface area contributed by atoms with Gasteiger partial charge in [-0.15, -0.1) is 0 Å². The fraction of sp³-hybridized carbons (Fsp3) is 0.700. The molecule has 3 aliphatic rings. The average molecular weight is 543 g/mol. The number of rotatable bonds is 7. The number of sulfone groups is 1. The van der Waals surface area contributed by atoms with Crippen molar-refractivity contribution in [2.45, 2.75) is 75.9 Å². The van der Waals surface area contributed by atoms with Gasteiger partial charge in [-0.05, 0) is 26.7 Å². The van der Waals surface area contributed by atoms with E-state index in [0.717, 1.165) is 25.7 Å². The smallest absolute Gasteiger partial charge is 0.340 e. The molecule has 16 heteroatoms. The summed E-state index contributed by atoms with van der Waals surface area (Å²) in [4.78, 5) is 27.0. The third-order valence-electron chi connectivity index (χ3n) is 6.40. The molecule has 14 nitrogen and oxygen atoms in total. The maximum Gasteiger partial charge on any atom is 0.340 e. The lowest BCUT2D eigenvalue weighted by Crippen LogP contribution is -2.35. The lowest BCUT2D eigenvalue weighted by atomic mass is 10.1. The van der Waals surface area contributed by atoms with Gasteiger partial charge in [-0.1, -0.05) is 12.8 Å². The van der Waals surface area contributed by atoms with E-state index in [1.165, 1.54) is 4.68 Å². The van der Waals surface area contributed by atoms with Crippen LogP contribution in [0.2, 0.25) is 0 Å². The van der Waals surface area contributed by atoms with Crippen LogP contribution in [0.4, 0.5) is 5.82 Å². The van der Waals surface area contributed by atoms with Crippen LogP contribution in [0.25, 0.3) is 11.0 Å². The highest BCUT2D eigenvalue weighted by atomic mass is 32.2. The Balaban J connectivity index is 1.50. The number of hydrogen-bond acceptors (Lipinski definition) is 11. The summed E-state index contributed by atoms with van der Waals surface area (Å²) in [5.74, 6) is -1.33. The summed E-state index contributed by atoms with van der Waals surface area (Å²) in [6.07, 6.45) is 2.06. The molecular formula is C20H27N6O8PS. The van der Waals surface area contributed by atoms with Crippen LogP contribution in [0.3, 0.4) is 0 Å². The molecule has 4 atom stereocenters. The van der Waals surface area contributed by atoms with Crippen LogP contribution in [0.5, 0.6) is 0 Å². The molecule has 196 valence electrons. The number of nitriles is 1. The van der Waals surface area contributed by atoms with Crippen molar-refractivity contribution in [3.8, 4) is 6.07 Å². The van der Waals surface area contributed by atoms with Gasteiger partial charge in [0.1, 0.15) is 30.2 Å². The second kappa shape index (κ2) is 8.98. The van der Waals surface area contributed by atoms with E-state index in [4.69, 9.17) is 14.2 Å². The van der Waals surface area contributed by atoms with E-state index in [0.29, 0.717) is 16.9 Å². The molecule has 1 saturated carbocycles. The Hall–Kier alpha value is -2.18. The van der Waals surface area contributed by atoms with Crippen molar-refractivity contribution < 1.29 is 37.0 Å². The van der Waals surface area contributed by atoms with Crippen molar-refractivity contribution in [1.29, 1.82) is 5.26 Å². The first-order valence-corrected chi connectivity index (χ1v) is 15.1. The van der Waals surface area contributed by atoms with E-state index in [1.54, 1.807) is 20.0 Å². The Morgan fingerprint density at radius 2 is 1.94 bits per heavy atom. The maximum absolute atomic E-state index is 12.5. The molecule has 0 amide bonds. The highest BCUT2D eigenvalue weighted by Crippen LogP contribution is 2.45. The van der Waals surface area contributed by atoms with Gasteiger partial charge in [0.05, 0.1) is 17.3 Å². The van der Waals surface area contributed by atoms with Crippen molar-refractivity contribution >= 4 is 34.3 Å². The molecule has 36 heavy (non-hydrogen) atoms. The molecule has 5 rings (SSSR count). The zero-order valence-electron chi connectivity index (χ0n) is 19.6. The van der Waals surface area contributed by atoms with Gasteiger partial charge >= 0.3 is 7.60 Å². The number of anilines is 1. The number of nitrogens with one attached hydrogen (secondary N) is 1. The quantitative estimate of drug-likeness (QED) is 0.419. The molecule has 3 fully saturated rings. The van der Waals surface area contributed by atoms with E-state index < -0.39 is 59.0 Å². The Kier molecular flexibility index (Phi) is 6.36. The van der Waals surface area contributed by atoms with Crippen LogP contribution in [0.1, 0.15) is 51.6 Å². The van der Waals surface area contributed by atoms with Gasteiger partial charge in [0.15, 0.2) is 33.0 Å². The minimum absolute atomic E-state index is 0.0658. The van der Waals surface area contributed by atoms with Crippen LogP contribution in [0.15, 0.2) is 6.20 Å². The van der Waals surface area contributed by atoms with Crippen molar-refractivity contribution in [3.63, 3.8) is 0 Å². The van der Waals surface area contributed by atoms with E-state index >= 15 is 0 Å². The predicted molar refractivity (Wildman–Crippen MR) is 124 cm³/mol. The molecule has 0 radical (unpaired) electrons. The Morgan fingerprint density at radius 1 is 1.25 bits per heavy atom. The van der Waals surface area contributed by atoms with Gasteiger partial charge in [-0.2, -0.15) is 15.3 Å². The van der Waals surface area contributed by atoms with Gasteiger partial charge < -0.3 is 29.3 Å². The van der Waals surface area contributed by atoms with Crippen molar-refractivity contribution in [3.05, 3.63) is 12.0 Å². The van der Waals surface area contributed by atoms with E-state index in [2.05, 4.69) is 20.4 Å². The highest BCUT2D eigenvalue weighted by molar-refractivity contribution is 7.97. The molecule has 0 bridgehead atoms. The summed E-state index contributed by atoms with van der Waals surface area (Å²) in [5.41, 5.74) is -0.996. The van der Waals surface area contributed by atoms with E-state index in [9.17, 15) is 28.0 Å². The molecule has 3 N–H and O–H groups in total. The van der Waals surface area contributed by atoms with Crippen LogP contribution < -0.4 is 5.32 Å². The van der Waals surface area contributed by atoms with Crippen molar-refractivity contribution in [2.24, 2.45) is 0 Å². The lowest BCUT2D eigenvalue weighted by molar-refractivity contribution is -0.195. The largest absolute Gasteiger partial charge is 0.367 e. The summed E-state index contributed by atoms with van der Waals surface area (Å²) in [5, 5.41) is 17.9. The number of hydrogen-bond donors (Lipinski definition) is 3. The molecule has 2 aromatic rings. The van der Waals surface area contributed by atoms with Gasteiger partial charge in [0.25, 0.3) is 0 Å².